The summed E-state index contributed by atoms with van der Waals surface area (Å²) in [5.41, 5.74) is 2.99. The highest BCUT2D eigenvalue weighted by molar-refractivity contribution is 5.25. The lowest BCUT2D eigenvalue weighted by atomic mass is 10.0. The van der Waals surface area contributed by atoms with Crippen LogP contribution in [-0.4, -0.2) is 30.0 Å². The van der Waals surface area contributed by atoms with E-state index in [9.17, 15) is 0 Å². The van der Waals surface area contributed by atoms with Gasteiger partial charge in [-0.15, -0.1) is 0 Å². The summed E-state index contributed by atoms with van der Waals surface area (Å²) in [6.45, 7) is 10.4. The highest BCUT2D eigenvalue weighted by Crippen LogP contribution is 2.13. The zero-order chi connectivity index (χ0) is 14.6. The van der Waals surface area contributed by atoms with E-state index in [-0.39, 0.29) is 5.48 Å². The van der Waals surface area contributed by atoms with Gasteiger partial charge in [-0.2, -0.15) is 0 Å². The fourth-order valence-corrected chi connectivity index (χ4v) is 2.79. The van der Waals surface area contributed by atoms with Crippen LogP contribution in [0.4, 0.5) is 0 Å². The molecule has 0 unspecified atom stereocenters. The van der Waals surface area contributed by atoms with Crippen LogP contribution in [0, 0.1) is 6.92 Å². The summed E-state index contributed by atoms with van der Waals surface area (Å²) >= 11 is 0. The van der Waals surface area contributed by atoms with E-state index in [1.54, 1.807) is 0 Å². The molecule has 0 radical (unpaired) electrons. The summed E-state index contributed by atoms with van der Waals surface area (Å²) in [5, 5.41) is 0. The van der Waals surface area contributed by atoms with Crippen LogP contribution in [-0.2, 0) is 6.42 Å². The molecule has 1 aromatic rings. The molecule has 122 valence electrons. The van der Waals surface area contributed by atoms with Crippen molar-refractivity contribution in [1.82, 2.24) is 4.90 Å². The quantitative estimate of drug-likeness (QED) is 0.557. The minimum absolute atomic E-state index is 0. The summed E-state index contributed by atoms with van der Waals surface area (Å²) < 4.78 is 0. The molecule has 0 aromatic heterocycles. The Balaban J connectivity index is 0.00000400. The Hall–Kier alpha value is -0.860. The summed E-state index contributed by atoms with van der Waals surface area (Å²) in [4.78, 5) is 2.53. The molecule has 0 saturated heterocycles. The molecule has 0 amide bonds. The van der Waals surface area contributed by atoms with Crippen molar-refractivity contribution in [2.45, 2.75) is 65.7 Å². The predicted molar refractivity (Wildman–Crippen MR) is 94.0 cm³/mol. The Morgan fingerprint density at radius 3 is 2.00 bits per heavy atom. The number of nitrogens with zero attached hydrogens (tertiary/aromatic N) is 1. The van der Waals surface area contributed by atoms with E-state index in [4.69, 9.17) is 0 Å². The monoisotopic (exact) mass is 293 g/mol. The topological polar surface area (TPSA) is 34.7 Å². The molecular formula is C19H35NO. The van der Waals surface area contributed by atoms with Crippen LogP contribution in [0.1, 0.15) is 63.5 Å². The van der Waals surface area contributed by atoms with Crippen molar-refractivity contribution in [2.75, 3.05) is 19.6 Å². The van der Waals surface area contributed by atoms with Crippen molar-refractivity contribution >= 4 is 0 Å². The number of benzene rings is 1. The van der Waals surface area contributed by atoms with Crippen molar-refractivity contribution in [3.63, 3.8) is 0 Å². The Bertz CT molecular complexity index is 347. The zero-order valence-electron chi connectivity index (χ0n) is 14.3. The van der Waals surface area contributed by atoms with E-state index in [1.807, 2.05) is 0 Å². The van der Waals surface area contributed by atoms with E-state index in [2.05, 4.69) is 49.9 Å². The Labute approximate surface area is 131 Å². The number of hydrogen-bond acceptors (Lipinski definition) is 1. The first kappa shape index (κ1) is 20.1. The van der Waals surface area contributed by atoms with Gasteiger partial charge in [0.05, 0.1) is 0 Å². The standard InChI is InChI=1S/C19H33N.H2O/c1-4-20(5-2)17-13-9-7-6-8-10-15-19-16-12-11-14-18(19)3;/h11-12,14,16H,4-10,13,15,17H2,1-3H3;1H2. The molecule has 0 atom stereocenters. The normalized spacial score (nSPS) is 10.7. The van der Waals surface area contributed by atoms with Gasteiger partial charge in [-0.25, -0.2) is 0 Å². The van der Waals surface area contributed by atoms with Crippen LogP contribution in [0.2, 0.25) is 0 Å². The lowest BCUT2D eigenvalue weighted by Crippen LogP contribution is -2.23. The van der Waals surface area contributed by atoms with E-state index < -0.39 is 0 Å². The summed E-state index contributed by atoms with van der Waals surface area (Å²) in [6, 6.07) is 8.80. The molecular weight excluding hydrogens is 258 g/mol. The van der Waals surface area contributed by atoms with Gasteiger partial charge in [0.15, 0.2) is 0 Å². The van der Waals surface area contributed by atoms with Crippen molar-refractivity contribution < 1.29 is 5.48 Å². The maximum absolute atomic E-state index is 2.53. The van der Waals surface area contributed by atoms with E-state index in [1.165, 1.54) is 75.7 Å². The maximum atomic E-state index is 2.53. The zero-order valence-corrected chi connectivity index (χ0v) is 14.3. The lowest BCUT2D eigenvalue weighted by molar-refractivity contribution is 0.295. The largest absolute Gasteiger partial charge is 0.412 e. The third-order valence-electron chi connectivity index (χ3n) is 4.33. The third kappa shape index (κ3) is 8.90. The van der Waals surface area contributed by atoms with E-state index in [0.717, 1.165) is 0 Å². The van der Waals surface area contributed by atoms with E-state index in [0.29, 0.717) is 0 Å². The Morgan fingerprint density at radius 2 is 1.38 bits per heavy atom. The van der Waals surface area contributed by atoms with Gasteiger partial charge >= 0.3 is 0 Å². The van der Waals surface area contributed by atoms with Gasteiger partial charge in [-0.3, -0.25) is 0 Å². The van der Waals surface area contributed by atoms with Gasteiger partial charge in [0, 0.05) is 0 Å². The SMILES string of the molecule is CCN(CC)CCCCCCCCc1ccccc1C.O. The molecule has 0 bridgehead atoms. The molecule has 1 rings (SSSR count). The van der Waals surface area contributed by atoms with Crippen molar-refractivity contribution in [3.05, 3.63) is 35.4 Å². The Morgan fingerprint density at radius 1 is 0.810 bits per heavy atom. The van der Waals surface area contributed by atoms with Gasteiger partial charge < -0.3 is 10.4 Å². The second kappa shape index (κ2) is 12.8. The molecule has 0 aliphatic heterocycles. The molecule has 0 aliphatic carbocycles. The van der Waals surface area contributed by atoms with Crippen LogP contribution in [0.15, 0.2) is 24.3 Å². The molecule has 0 spiro atoms. The van der Waals surface area contributed by atoms with E-state index >= 15 is 0 Å². The summed E-state index contributed by atoms with van der Waals surface area (Å²) in [6.07, 6.45) is 9.59. The highest BCUT2D eigenvalue weighted by atomic mass is 16.0. The first-order valence-corrected chi connectivity index (χ1v) is 8.54. The van der Waals surface area contributed by atoms with Gasteiger partial charge in [0.2, 0.25) is 0 Å². The third-order valence-corrected chi connectivity index (χ3v) is 4.33. The highest BCUT2D eigenvalue weighted by Gasteiger charge is 1.99. The average Bonchev–Trinajstić information content (AvgIpc) is 2.47. The second-order valence-electron chi connectivity index (χ2n) is 5.82. The van der Waals surface area contributed by atoms with Crippen molar-refractivity contribution in [1.29, 1.82) is 0 Å². The van der Waals surface area contributed by atoms with Crippen molar-refractivity contribution in [2.24, 2.45) is 0 Å². The molecule has 21 heavy (non-hydrogen) atoms. The maximum Gasteiger partial charge on any atom is -0.00190 e. The van der Waals surface area contributed by atoms with Gasteiger partial charge in [-0.05, 0) is 56.9 Å². The van der Waals surface area contributed by atoms with Crippen molar-refractivity contribution in [3.8, 4) is 0 Å². The fraction of sp³-hybridized carbons (Fsp3) is 0.684. The molecule has 2 nitrogen and oxygen atoms in total. The molecule has 2 N–H and O–H groups in total. The number of aryl methyl sites for hydroxylation is 2. The minimum atomic E-state index is 0. The van der Waals surface area contributed by atoms with Crippen LogP contribution in [0.25, 0.3) is 0 Å². The average molecular weight is 293 g/mol. The van der Waals surface area contributed by atoms with Gasteiger partial charge in [0.1, 0.15) is 0 Å². The first-order valence-electron chi connectivity index (χ1n) is 8.54. The first-order chi connectivity index (χ1) is 9.77. The summed E-state index contributed by atoms with van der Waals surface area (Å²) in [7, 11) is 0. The number of unbranched alkanes of at least 4 members (excludes halogenated alkanes) is 5. The molecule has 0 fully saturated rings. The molecule has 1 aromatic carbocycles. The predicted octanol–water partition coefficient (Wildman–Crippen LogP) is 4.40. The molecule has 2 heteroatoms. The molecule has 0 aliphatic rings. The molecule has 0 heterocycles. The Kier molecular flexibility index (Phi) is 12.3. The summed E-state index contributed by atoms with van der Waals surface area (Å²) in [5.74, 6) is 0. The second-order valence-corrected chi connectivity index (χ2v) is 5.82. The smallest absolute Gasteiger partial charge is 0.00190 e. The minimum Gasteiger partial charge on any atom is -0.412 e. The fourth-order valence-electron chi connectivity index (χ4n) is 2.79. The van der Waals surface area contributed by atoms with Crippen LogP contribution >= 0.6 is 0 Å². The molecule has 0 saturated carbocycles. The van der Waals surface area contributed by atoms with Crippen LogP contribution in [0.5, 0.6) is 0 Å². The number of rotatable bonds is 11. The van der Waals surface area contributed by atoms with Gasteiger partial charge in [-0.1, -0.05) is 63.8 Å². The van der Waals surface area contributed by atoms with Crippen LogP contribution in [0.3, 0.4) is 0 Å². The lowest BCUT2D eigenvalue weighted by Gasteiger charge is -2.17. The van der Waals surface area contributed by atoms with Crippen LogP contribution < -0.4 is 0 Å². The van der Waals surface area contributed by atoms with Gasteiger partial charge in [0.25, 0.3) is 0 Å². The number of hydrogen-bond donors (Lipinski definition) is 0.